The summed E-state index contributed by atoms with van der Waals surface area (Å²) in [5, 5.41) is 0. The van der Waals surface area contributed by atoms with Crippen LogP contribution in [0.4, 0.5) is 0 Å². The first kappa shape index (κ1) is 15.4. The van der Waals surface area contributed by atoms with E-state index in [1.54, 1.807) is 0 Å². The van der Waals surface area contributed by atoms with Gasteiger partial charge in [-0.15, -0.1) is 0 Å². The van der Waals surface area contributed by atoms with E-state index in [1.807, 2.05) is 54.6 Å². The highest BCUT2D eigenvalue weighted by atomic mass is 15.1. The molecule has 1 atom stereocenters. The normalized spacial score (nSPS) is 12.2. The number of hydrogen-bond acceptors (Lipinski definition) is 2. The first-order valence-electron chi connectivity index (χ1n) is 8.40. The minimum absolute atomic E-state index is 0.165. The largest absolute Gasteiger partial charge is 0.333 e. The fourth-order valence-corrected chi connectivity index (χ4v) is 3.17. The number of aryl methyl sites for hydroxylation is 1. The molecule has 2 aromatic carbocycles. The van der Waals surface area contributed by atoms with Gasteiger partial charge >= 0.3 is 0 Å². The molecule has 25 heavy (non-hydrogen) atoms. The minimum Gasteiger partial charge on any atom is -0.333 e. The van der Waals surface area contributed by atoms with E-state index >= 15 is 0 Å². The van der Waals surface area contributed by atoms with Gasteiger partial charge in [0.25, 0.3) is 0 Å². The molecule has 4 aromatic rings. The summed E-state index contributed by atoms with van der Waals surface area (Å²) in [5.41, 5.74) is 4.34. The molecule has 0 aliphatic rings. The third-order valence-corrected chi connectivity index (χ3v) is 4.57. The van der Waals surface area contributed by atoms with Gasteiger partial charge in [-0.1, -0.05) is 60.7 Å². The van der Waals surface area contributed by atoms with E-state index in [0.717, 1.165) is 22.8 Å². The van der Waals surface area contributed by atoms with Gasteiger partial charge in [0.05, 0.1) is 18.1 Å². The van der Waals surface area contributed by atoms with Crippen LogP contribution in [0.15, 0.2) is 79.4 Å². The first-order chi connectivity index (χ1) is 12.3. The summed E-state index contributed by atoms with van der Waals surface area (Å²) in [6.45, 7) is 2.19. The van der Waals surface area contributed by atoms with Gasteiger partial charge in [-0.3, -0.25) is 0 Å². The van der Waals surface area contributed by atoms with Crippen molar-refractivity contribution < 1.29 is 0 Å². The number of aromatic nitrogens is 4. The molecular weight excluding hydrogens is 308 g/mol. The maximum absolute atomic E-state index is 4.74. The Bertz CT molecular complexity index is 968. The second-order valence-electron chi connectivity index (χ2n) is 6.16. The topological polar surface area (TPSA) is 35.6 Å². The van der Waals surface area contributed by atoms with Gasteiger partial charge < -0.3 is 9.13 Å². The Morgan fingerprint density at radius 2 is 1.56 bits per heavy atom. The lowest BCUT2D eigenvalue weighted by molar-refractivity contribution is 0.640. The molecule has 0 unspecified atom stereocenters. The fourth-order valence-electron chi connectivity index (χ4n) is 3.17. The van der Waals surface area contributed by atoms with E-state index in [0.29, 0.717) is 0 Å². The summed E-state index contributed by atoms with van der Waals surface area (Å²) < 4.78 is 4.25. The van der Waals surface area contributed by atoms with Crippen molar-refractivity contribution in [3.05, 3.63) is 84.9 Å². The van der Waals surface area contributed by atoms with Crippen LogP contribution in [0.5, 0.6) is 0 Å². The Morgan fingerprint density at radius 1 is 0.880 bits per heavy atom. The predicted molar refractivity (Wildman–Crippen MR) is 100 cm³/mol. The van der Waals surface area contributed by atoms with Crippen LogP contribution in [0.1, 0.15) is 18.5 Å². The summed E-state index contributed by atoms with van der Waals surface area (Å²) in [6, 6.07) is 20.9. The SMILES string of the molecule is C[C@H](c1ccccc1)n1cnc(-c2ccccc2)c1-c1nccn1C. The van der Waals surface area contributed by atoms with Crippen LogP contribution in [0.25, 0.3) is 22.8 Å². The van der Waals surface area contributed by atoms with E-state index in [2.05, 4.69) is 52.9 Å². The van der Waals surface area contributed by atoms with Crippen molar-refractivity contribution in [1.29, 1.82) is 0 Å². The van der Waals surface area contributed by atoms with Crippen LogP contribution in [-0.2, 0) is 7.05 Å². The van der Waals surface area contributed by atoms with Gasteiger partial charge in [0.15, 0.2) is 5.82 Å². The van der Waals surface area contributed by atoms with Crippen molar-refractivity contribution in [1.82, 2.24) is 19.1 Å². The standard InChI is InChI=1S/C21H20N4/c1-16(17-9-5-3-6-10-17)25-15-23-19(18-11-7-4-8-12-18)20(25)21-22-13-14-24(21)2/h3-16H,1-2H3/t16-/m1/s1. The lowest BCUT2D eigenvalue weighted by Crippen LogP contribution is -2.09. The summed E-state index contributed by atoms with van der Waals surface area (Å²) in [7, 11) is 2.02. The van der Waals surface area contributed by atoms with Crippen LogP contribution in [0.2, 0.25) is 0 Å². The van der Waals surface area contributed by atoms with E-state index in [1.165, 1.54) is 5.56 Å². The molecule has 0 bridgehead atoms. The van der Waals surface area contributed by atoms with Crippen molar-refractivity contribution in [2.75, 3.05) is 0 Å². The van der Waals surface area contributed by atoms with Crippen molar-refractivity contribution in [3.63, 3.8) is 0 Å². The summed E-state index contributed by atoms with van der Waals surface area (Å²) in [5.74, 6) is 0.916. The van der Waals surface area contributed by atoms with Gasteiger partial charge in [0, 0.05) is 25.0 Å². The molecule has 0 aliphatic heterocycles. The predicted octanol–water partition coefficient (Wildman–Crippen LogP) is 4.56. The summed E-state index contributed by atoms with van der Waals surface area (Å²) in [6.07, 6.45) is 5.72. The highest BCUT2D eigenvalue weighted by Gasteiger charge is 2.21. The highest BCUT2D eigenvalue weighted by molar-refractivity contribution is 5.75. The second kappa shape index (κ2) is 6.40. The van der Waals surface area contributed by atoms with Gasteiger partial charge in [-0.05, 0) is 12.5 Å². The van der Waals surface area contributed by atoms with Crippen molar-refractivity contribution in [3.8, 4) is 22.8 Å². The molecule has 2 heterocycles. The number of benzene rings is 2. The van der Waals surface area contributed by atoms with Gasteiger partial charge in [-0.2, -0.15) is 0 Å². The second-order valence-corrected chi connectivity index (χ2v) is 6.16. The summed E-state index contributed by atoms with van der Waals surface area (Å²) >= 11 is 0. The van der Waals surface area contributed by atoms with Crippen molar-refractivity contribution in [2.24, 2.45) is 7.05 Å². The maximum Gasteiger partial charge on any atom is 0.158 e. The van der Waals surface area contributed by atoms with E-state index in [4.69, 9.17) is 4.98 Å². The maximum atomic E-state index is 4.74. The molecule has 4 nitrogen and oxygen atoms in total. The molecule has 124 valence electrons. The highest BCUT2D eigenvalue weighted by Crippen LogP contribution is 2.33. The average Bonchev–Trinajstić information content (AvgIpc) is 3.28. The Kier molecular flexibility index (Phi) is 3.94. The molecule has 0 aliphatic carbocycles. The van der Waals surface area contributed by atoms with Gasteiger partial charge in [-0.25, -0.2) is 9.97 Å². The van der Waals surface area contributed by atoms with Crippen LogP contribution >= 0.6 is 0 Å². The molecule has 4 rings (SSSR count). The molecule has 0 fully saturated rings. The molecule has 0 amide bonds. The van der Waals surface area contributed by atoms with Crippen LogP contribution in [0.3, 0.4) is 0 Å². The number of hydrogen-bond donors (Lipinski definition) is 0. The molecule has 0 saturated heterocycles. The zero-order valence-corrected chi connectivity index (χ0v) is 14.4. The Balaban J connectivity index is 1.91. The molecule has 0 N–H and O–H groups in total. The third-order valence-electron chi connectivity index (χ3n) is 4.57. The first-order valence-corrected chi connectivity index (χ1v) is 8.40. The Labute approximate surface area is 147 Å². The van der Waals surface area contributed by atoms with Crippen LogP contribution < -0.4 is 0 Å². The number of nitrogens with zero attached hydrogens (tertiary/aromatic N) is 4. The average molecular weight is 328 g/mol. The Hall–Kier alpha value is -3.14. The Morgan fingerprint density at radius 3 is 2.20 bits per heavy atom. The molecule has 0 radical (unpaired) electrons. The summed E-state index contributed by atoms with van der Waals surface area (Å²) in [4.78, 5) is 9.32. The van der Waals surface area contributed by atoms with Gasteiger partial charge in [0.1, 0.15) is 5.69 Å². The monoisotopic (exact) mass is 328 g/mol. The lowest BCUT2D eigenvalue weighted by Gasteiger charge is -2.18. The van der Waals surface area contributed by atoms with E-state index < -0.39 is 0 Å². The molecule has 2 aromatic heterocycles. The quantitative estimate of drug-likeness (QED) is 0.550. The molecule has 4 heteroatoms. The van der Waals surface area contributed by atoms with Crippen molar-refractivity contribution in [2.45, 2.75) is 13.0 Å². The lowest BCUT2D eigenvalue weighted by atomic mass is 10.1. The van der Waals surface area contributed by atoms with Crippen LogP contribution in [0, 0.1) is 0 Å². The molecule has 0 spiro atoms. The third kappa shape index (κ3) is 2.76. The van der Waals surface area contributed by atoms with Gasteiger partial charge in [0.2, 0.25) is 0 Å². The number of imidazole rings is 2. The molecule has 0 saturated carbocycles. The zero-order chi connectivity index (χ0) is 17.2. The molecular formula is C21H20N4. The van der Waals surface area contributed by atoms with E-state index in [9.17, 15) is 0 Å². The number of rotatable bonds is 4. The fraction of sp³-hybridized carbons (Fsp3) is 0.143. The minimum atomic E-state index is 0.165. The van der Waals surface area contributed by atoms with Crippen LogP contribution in [-0.4, -0.2) is 19.1 Å². The zero-order valence-electron chi connectivity index (χ0n) is 14.4. The van der Waals surface area contributed by atoms with Crippen molar-refractivity contribution >= 4 is 0 Å². The van der Waals surface area contributed by atoms with E-state index in [-0.39, 0.29) is 6.04 Å². The smallest absolute Gasteiger partial charge is 0.158 e.